The number of amides is 1. The fourth-order valence-corrected chi connectivity index (χ4v) is 1.50. The molecule has 0 aliphatic heterocycles. The molecule has 5 nitrogen and oxygen atoms in total. The predicted octanol–water partition coefficient (Wildman–Crippen LogP) is 0.276. The number of aryl methyl sites for hydroxylation is 1. The van der Waals surface area contributed by atoms with Crippen LogP contribution in [0.2, 0.25) is 0 Å². The van der Waals surface area contributed by atoms with Crippen LogP contribution < -0.4 is 10.9 Å². The zero-order chi connectivity index (χ0) is 12.8. The van der Waals surface area contributed by atoms with Gasteiger partial charge < -0.3 is 15.0 Å². The highest BCUT2D eigenvalue weighted by atomic mass is 16.3. The number of nitrogens with zero attached hydrogens (tertiary/aromatic N) is 1. The van der Waals surface area contributed by atoms with Crippen LogP contribution in [0.1, 0.15) is 30.1 Å². The molecule has 5 heteroatoms. The van der Waals surface area contributed by atoms with Crippen molar-refractivity contribution in [2.24, 2.45) is 7.05 Å². The molecule has 1 rings (SSSR count). The van der Waals surface area contributed by atoms with Crippen molar-refractivity contribution in [2.45, 2.75) is 25.8 Å². The van der Waals surface area contributed by atoms with Crippen molar-refractivity contribution < 1.29 is 9.90 Å². The summed E-state index contributed by atoms with van der Waals surface area (Å²) in [7, 11) is 1.61. The molecule has 0 radical (unpaired) electrons. The van der Waals surface area contributed by atoms with Crippen molar-refractivity contribution in [1.82, 2.24) is 9.88 Å². The maximum absolute atomic E-state index is 11.8. The first-order chi connectivity index (χ1) is 8.04. The Bertz CT molecular complexity index is 440. The lowest BCUT2D eigenvalue weighted by atomic mass is 10.1. The number of aliphatic hydroxyl groups excluding tert-OH is 1. The van der Waals surface area contributed by atoms with E-state index in [1.165, 1.54) is 22.9 Å². The number of aromatic nitrogens is 1. The van der Waals surface area contributed by atoms with Gasteiger partial charge >= 0.3 is 0 Å². The number of rotatable bonds is 5. The van der Waals surface area contributed by atoms with Crippen LogP contribution in [0.25, 0.3) is 0 Å². The van der Waals surface area contributed by atoms with E-state index in [0.29, 0.717) is 12.0 Å². The fourth-order valence-electron chi connectivity index (χ4n) is 1.50. The highest BCUT2D eigenvalue weighted by Crippen LogP contribution is 1.99. The van der Waals surface area contributed by atoms with Gasteiger partial charge in [0.1, 0.15) is 0 Å². The molecule has 0 saturated heterocycles. The van der Waals surface area contributed by atoms with Gasteiger partial charge in [0.05, 0.1) is 5.56 Å². The molecule has 0 aromatic carbocycles. The van der Waals surface area contributed by atoms with Gasteiger partial charge in [0, 0.05) is 32.0 Å². The van der Waals surface area contributed by atoms with Crippen LogP contribution in [0, 0.1) is 0 Å². The second-order valence-corrected chi connectivity index (χ2v) is 4.11. The summed E-state index contributed by atoms with van der Waals surface area (Å²) in [6.45, 7) is 2.01. The summed E-state index contributed by atoms with van der Waals surface area (Å²) in [6, 6.07) is 2.89. The molecule has 17 heavy (non-hydrogen) atoms. The number of pyridine rings is 1. The predicted molar refractivity (Wildman–Crippen MR) is 64.9 cm³/mol. The minimum atomic E-state index is -0.203. The Hall–Kier alpha value is -1.62. The molecule has 1 unspecified atom stereocenters. The molecule has 1 aromatic heterocycles. The van der Waals surface area contributed by atoms with Crippen LogP contribution in [0.3, 0.4) is 0 Å². The number of hydrogen-bond acceptors (Lipinski definition) is 3. The van der Waals surface area contributed by atoms with E-state index in [1.54, 1.807) is 7.05 Å². The molecule has 1 amide bonds. The first kappa shape index (κ1) is 13.4. The Morgan fingerprint density at radius 1 is 1.53 bits per heavy atom. The highest BCUT2D eigenvalue weighted by Gasteiger charge is 2.09. The van der Waals surface area contributed by atoms with Gasteiger partial charge in [-0.3, -0.25) is 9.59 Å². The van der Waals surface area contributed by atoms with Crippen molar-refractivity contribution in [2.75, 3.05) is 6.61 Å². The minimum absolute atomic E-state index is 0.00637. The van der Waals surface area contributed by atoms with Gasteiger partial charge in [-0.2, -0.15) is 0 Å². The molecule has 2 N–H and O–H groups in total. The van der Waals surface area contributed by atoms with Crippen LogP contribution in [-0.2, 0) is 7.05 Å². The smallest absolute Gasteiger partial charge is 0.252 e. The Labute approximate surface area is 100 Å². The zero-order valence-electron chi connectivity index (χ0n) is 10.1. The number of hydrogen-bond donors (Lipinski definition) is 2. The van der Waals surface area contributed by atoms with Crippen molar-refractivity contribution in [1.29, 1.82) is 0 Å². The van der Waals surface area contributed by atoms with Gasteiger partial charge in [-0.25, -0.2) is 0 Å². The first-order valence-electron chi connectivity index (χ1n) is 5.63. The van der Waals surface area contributed by atoms with Gasteiger partial charge in [0.15, 0.2) is 0 Å². The molecule has 0 bridgehead atoms. The van der Waals surface area contributed by atoms with Crippen LogP contribution in [0.4, 0.5) is 0 Å². The van der Waals surface area contributed by atoms with Crippen molar-refractivity contribution in [3.05, 3.63) is 34.2 Å². The van der Waals surface area contributed by atoms with Crippen LogP contribution >= 0.6 is 0 Å². The standard InChI is InChI=1S/C12H18N2O3/c1-9(4-3-7-15)13-12(17)10-5-6-11(16)14(2)8-10/h5-6,8-9,15H,3-4,7H2,1-2H3,(H,13,17). The molecule has 94 valence electrons. The van der Waals surface area contributed by atoms with E-state index < -0.39 is 0 Å². The van der Waals surface area contributed by atoms with Gasteiger partial charge in [0.25, 0.3) is 5.91 Å². The third-order valence-electron chi connectivity index (χ3n) is 2.52. The van der Waals surface area contributed by atoms with E-state index in [-0.39, 0.29) is 24.1 Å². The van der Waals surface area contributed by atoms with Gasteiger partial charge in [0.2, 0.25) is 5.56 Å². The fraction of sp³-hybridized carbons (Fsp3) is 0.500. The van der Waals surface area contributed by atoms with E-state index in [0.717, 1.165) is 6.42 Å². The maximum Gasteiger partial charge on any atom is 0.252 e. The lowest BCUT2D eigenvalue weighted by molar-refractivity contribution is 0.0935. The van der Waals surface area contributed by atoms with Crippen molar-refractivity contribution in [3.8, 4) is 0 Å². The average molecular weight is 238 g/mol. The molecule has 0 aliphatic carbocycles. The van der Waals surface area contributed by atoms with E-state index in [4.69, 9.17) is 5.11 Å². The van der Waals surface area contributed by atoms with Gasteiger partial charge in [-0.05, 0) is 25.8 Å². The Morgan fingerprint density at radius 3 is 2.82 bits per heavy atom. The first-order valence-corrected chi connectivity index (χ1v) is 5.63. The number of aliphatic hydroxyl groups is 1. The Balaban J connectivity index is 2.63. The third kappa shape index (κ3) is 4.03. The Kier molecular flexibility index (Phi) is 4.90. The summed E-state index contributed by atoms with van der Waals surface area (Å²) in [6.07, 6.45) is 2.90. The number of carbonyl (C=O) groups is 1. The summed E-state index contributed by atoms with van der Waals surface area (Å²) in [5.74, 6) is -0.203. The van der Waals surface area contributed by atoms with Gasteiger partial charge in [-0.1, -0.05) is 0 Å². The molecular weight excluding hydrogens is 220 g/mol. The molecular formula is C12H18N2O3. The van der Waals surface area contributed by atoms with Crippen molar-refractivity contribution in [3.63, 3.8) is 0 Å². The van der Waals surface area contributed by atoms with Crippen LogP contribution in [-0.4, -0.2) is 28.2 Å². The monoisotopic (exact) mass is 238 g/mol. The minimum Gasteiger partial charge on any atom is -0.396 e. The molecule has 1 atom stereocenters. The largest absolute Gasteiger partial charge is 0.396 e. The normalized spacial score (nSPS) is 12.2. The summed E-state index contributed by atoms with van der Waals surface area (Å²) >= 11 is 0. The van der Waals surface area contributed by atoms with E-state index in [2.05, 4.69) is 5.32 Å². The maximum atomic E-state index is 11.8. The lowest BCUT2D eigenvalue weighted by Crippen LogP contribution is -2.33. The summed E-state index contributed by atoms with van der Waals surface area (Å²) in [5.41, 5.74) is 0.317. The zero-order valence-corrected chi connectivity index (χ0v) is 10.1. The second kappa shape index (κ2) is 6.20. The van der Waals surface area contributed by atoms with Crippen molar-refractivity contribution >= 4 is 5.91 Å². The summed E-state index contributed by atoms with van der Waals surface area (Å²) < 4.78 is 1.37. The third-order valence-corrected chi connectivity index (χ3v) is 2.52. The SMILES string of the molecule is CC(CCCO)NC(=O)c1ccc(=O)n(C)c1. The van der Waals surface area contributed by atoms with Gasteiger partial charge in [-0.15, -0.1) is 0 Å². The number of nitrogens with one attached hydrogen (secondary N) is 1. The topological polar surface area (TPSA) is 71.3 Å². The average Bonchev–Trinajstić information content (AvgIpc) is 2.30. The highest BCUT2D eigenvalue weighted by molar-refractivity contribution is 5.94. The molecule has 0 fully saturated rings. The van der Waals surface area contributed by atoms with E-state index in [9.17, 15) is 9.59 Å². The number of carbonyl (C=O) groups excluding carboxylic acids is 1. The molecule has 1 aromatic rings. The summed E-state index contributed by atoms with van der Waals surface area (Å²) in [4.78, 5) is 23.0. The quantitative estimate of drug-likeness (QED) is 0.773. The summed E-state index contributed by atoms with van der Waals surface area (Å²) in [5, 5.41) is 11.5. The molecule has 0 aliphatic rings. The molecule has 0 saturated carbocycles. The second-order valence-electron chi connectivity index (χ2n) is 4.11. The molecule has 1 heterocycles. The van der Waals surface area contributed by atoms with Crippen LogP contribution in [0.5, 0.6) is 0 Å². The van der Waals surface area contributed by atoms with Crippen LogP contribution in [0.15, 0.2) is 23.1 Å². The van der Waals surface area contributed by atoms with E-state index >= 15 is 0 Å². The Morgan fingerprint density at radius 2 is 2.24 bits per heavy atom. The molecule has 0 spiro atoms. The van der Waals surface area contributed by atoms with E-state index in [1.807, 2.05) is 6.92 Å². The lowest BCUT2D eigenvalue weighted by Gasteiger charge is -2.13.